The fourth-order valence-electron chi connectivity index (χ4n) is 18.9. The smallest absolute Gasteiger partial charge is 0.311 e. The van der Waals surface area contributed by atoms with Crippen molar-refractivity contribution >= 4 is 23.4 Å². The quantitative estimate of drug-likeness (QED) is 0.0152. The van der Waals surface area contributed by atoms with Crippen molar-refractivity contribution in [2.45, 2.75) is 365 Å². The SMILES string of the molecule is CC[C@H]1OC(=O)[C@H](C)[C@@H](OC2CC(C)(OC)C(O)C(C)O2)[C@H](C)[C@@H](OC2OC(C)CC(N(C)C/C=C/CN(C)C3CC(C)OC(O[C@@H]4[C@@H](C)[C@H](OC5CC(C)(OC)C(O)C(C)O5)[C@@H](C)C(=O)O[C@H](CC)[C@@](C)(O)[C@H](O)[C@@H](C)/C(=N/OCc5ccccc5)[C@H](C)C[C@]4(C)O)C3O)C2O)[C@@](C)(O)C[C@@H](C)/C(=N\OCOCCOC)[C@H](C)[C@@H](O)[C@]1(C)O. The number of aliphatic hydroxyl groups is 10. The molecule has 686 valence electrons. The predicted octanol–water partition coefficient (Wildman–Crippen LogP) is 6.31. The van der Waals surface area contributed by atoms with Gasteiger partial charge >= 0.3 is 11.9 Å². The van der Waals surface area contributed by atoms with Gasteiger partial charge in [-0.05, 0) is 141 Å². The van der Waals surface area contributed by atoms with Crippen LogP contribution in [0.1, 0.15) is 195 Å². The molecule has 6 saturated heterocycles. The third kappa shape index (κ3) is 25.0. The summed E-state index contributed by atoms with van der Waals surface area (Å²) < 4.78 is 88.6. The minimum Gasteiger partial charge on any atom is -0.459 e. The summed E-state index contributed by atoms with van der Waals surface area (Å²) in [5, 5.41) is 133. The summed E-state index contributed by atoms with van der Waals surface area (Å²) in [5.74, 6) is -9.33. The predicted molar refractivity (Wildman–Crippen MR) is 439 cm³/mol. The fourth-order valence-corrected chi connectivity index (χ4v) is 18.9. The number of benzene rings is 1. The molecule has 32 heteroatoms. The number of methoxy groups -OCH3 is 3. The third-order valence-corrected chi connectivity index (χ3v) is 26.5. The van der Waals surface area contributed by atoms with Gasteiger partial charge in [0.2, 0.25) is 6.79 Å². The number of hydrogen-bond acceptors (Lipinski definition) is 32. The Balaban J connectivity index is 1.18. The molecule has 0 amide bonds. The number of carbonyl (C=O) groups excluding carboxylic acids is 2. The van der Waals surface area contributed by atoms with Gasteiger partial charge in [0.05, 0.1) is 120 Å². The van der Waals surface area contributed by atoms with E-state index in [1.54, 1.807) is 104 Å². The van der Waals surface area contributed by atoms with Gasteiger partial charge in [-0.3, -0.25) is 19.4 Å². The van der Waals surface area contributed by atoms with Crippen LogP contribution < -0.4 is 0 Å². The summed E-state index contributed by atoms with van der Waals surface area (Å²) in [6.45, 7) is 34.4. The van der Waals surface area contributed by atoms with E-state index in [4.69, 9.17) is 76.0 Å². The van der Waals surface area contributed by atoms with Crippen LogP contribution in [0.4, 0.5) is 0 Å². The number of likely N-dealkylation sites (N-methyl/N-ethyl adjacent to an activating group) is 2. The van der Waals surface area contributed by atoms with Crippen LogP contribution in [0.5, 0.6) is 0 Å². The molecule has 10 N–H and O–H groups in total. The number of rotatable bonds is 27. The maximum atomic E-state index is 14.9. The molecule has 1 aromatic carbocycles. The van der Waals surface area contributed by atoms with Crippen molar-refractivity contribution in [3.63, 3.8) is 0 Å². The first kappa shape index (κ1) is 102. The standard InChI is InChI=1S/C87H150N4O28/c1-26-62-86(19,102)72(94)51(7)66(88-108-45-59-33-29-28-30-34-59)47(3)41-82(15,100)76(53(9)70(55(11)78(98)114-62)116-64-43-84(17,105-24)74(96)57(13)112-64)118-80-68(92)60(39-49(5)110-80)90(21)35-31-32-36-91(22)61-40-50(6)111-81(69(61)93)119-77-54(10)71(117-65-44-85(18,106-25)75(97)58(14)113-65)56(12)79(99)115-63(27-2)87(20,103)73(95)52(8)67(48(4)42-83(77,16)101)89-109-46-107-38-37-104-23/h28-34,47-58,60-65,68-77,80-81,92-97,100-103H,26-27,35-46H2,1-25H3/b32-31+,88-66+,89-67+/t47-,48-,49?,50?,51+,52+,53+,54+,55-,56-,57?,58?,60?,61?,62-,63-,64?,65?,68?,69?,70+,71+,72-,73-,74?,75?,76-,77-,80?,81?,82+,83+,84?,85?,86-,87-/m1/s1. The van der Waals surface area contributed by atoms with E-state index < -0.39 is 228 Å². The van der Waals surface area contributed by atoms with Gasteiger partial charge < -0.3 is 127 Å². The first-order valence-electron chi connectivity index (χ1n) is 42.9. The van der Waals surface area contributed by atoms with Gasteiger partial charge in [-0.1, -0.05) is 108 Å². The van der Waals surface area contributed by atoms with E-state index in [-0.39, 0.29) is 76.6 Å². The Morgan fingerprint density at radius 1 is 0.504 bits per heavy atom. The summed E-state index contributed by atoms with van der Waals surface area (Å²) in [6, 6.07) is 8.13. The second-order valence-electron chi connectivity index (χ2n) is 36.5. The van der Waals surface area contributed by atoms with E-state index in [0.717, 1.165) is 5.56 Å². The summed E-state index contributed by atoms with van der Waals surface area (Å²) >= 11 is 0. The minimum atomic E-state index is -2.06. The van der Waals surface area contributed by atoms with Crippen molar-refractivity contribution in [2.75, 3.05) is 68.5 Å². The van der Waals surface area contributed by atoms with Crippen LogP contribution in [-0.2, 0) is 92.2 Å². The molecular formula is C87H150N4O28. The largest absolute Gasteiger partial charge is 0.459 e. The van der Waals surface area contributed by atoms with Crippen molar-refractivity contribution in [1.29, 1.82) is 0 Å². The van der Waals surface area contributed by atoms with E-state index in [9.17, 15) is 60.7 Å². The molecule has 7 rings (SSSR count). The molecule has 6 fully saturated rings. The van der Waals surface area contributed by atoms with Crippen LogP contribution in [0.15, 0.2) is 52.8 Å². The Morgan fingerprint density at radius 3 is 1.26 bits per heavy atom. The van der Waals surface area contributed by atoms with Crippen molar-refractivity contribution in [2.24, 2.45) is 57.7 Å². The molecule has 0 radical (unpaired) electrons. The molecule has 16 unspecified atom stereocenters. The number of oxime groups is 2. The molecule has 1 aromatic rings. The molecule has 6 aliphatic rings. The Kier molecular flexibility index (Phi) is 37.6. The highest BCUT2D eigenvalue weighted by Gasteiger charge is 2.57. The summed E-state index contributed by atoms with van der Waals surface area (Å²) in [7, 11) is 8.19. The van der Waals surface area contributed by atoms with Crippen LogP contribution in [-0.4, -0.2) is 321 Å². The second-order valence-corrected chi connectivity index (χ2v) is 36.5. The van der Waals surface area contributed by atoms with Crippen molar-refractivity contribution in [3.8, 4) is 0 Å². The Morgan fingerprint density at radius 2 is 0.891 bits per heavy atom. The van der Waals surface area contributed by atoms with Gasteiger partial charge in [0.15, 0.2) is 25.2 Å². The Hall–Kier alpha value is -4.12. The van der Waals surface area contributed by atoms with Crippen molar-refractivity contribution in [1.82, 2.24) is 9.80 Å². The average Bonchev–Trinajstić information content (AvgIpc) is 0.773. The summed E-state index contributed by atoms with van der Waals surface area (Å²) in [6.07, 6.45) is -18.9. The lowest BCUT2D eigenvalue weighted by molar-refractivity contribution is -0.318. The lowest BCUT2D eigenvalue weighted by Crippen LogP contribution is -2.61. The highest BCUT2D eigenvalue weighted by Crippen LogP contribution is 2.45. The molecule has 0 bridgehead atoms. The van der Waals surface area contributed by atoms with Gasteiger partial charge in [-0.15, -0.1) is 0 Å². The van der Waals surface area contributed by atoms with E-state index >= 15 is 0 Å². The van der Waals surface area contributed by atoms with Gasteiger partial charge in [-0.25, -0.2) is 0 Å². The number of esters is 2. The zero-order chi connectivity index (χ0) is 88.9. The number of carbonyl (C=O) groups is 2. The maximum Gasteiger partial charge on any atom is 0.311 e. The lowest BCUT2D eigenvalue weighted by Gasteiger charge is -2.49. The normalized spacial score (nSPS) is 45.2. The number of aliphatic hydroxyl groups excluding tert-OH is 6. The zero-order valence-electron chi connectivity index (χ0n) is 75.4. The maximum absolute atomic E-state index is 14.9. The molecule has 119 heavy (non-hydrogen) atoms. The van der Waals surface area contributed by atoms with Crippen LogP contribution in [0.2, 0.25) is 0 Å². The van der Waals surface area contributed by atoms with Crippen LogP contribution in [0, 0.1) is 47.3 Å². The van der Waals surface area contributed by atoms with E-state index in [0.29, 0.717) is 25.9 Å². The van der Waals surface area contributed by atoms with Crippen LogP contribution >= 0.6 is 0 Å². The highest BCUT2D eigenvalue weighted by atomic mass is 16.8. The monoisotopic (exact) mass is 1700 g/mol. The van der Waals surface area contributed by atoms with Gasteiger partial charge in [0, 0.05) is 94.9 Å². The highest BCUT2D eigenvalue weighted by molar-refractivity contribution is 5.89. The molecule has 6 heterocycles. The molecule has 32 nitrogen and oxygen atoms in total. The van der Waals surface area contributed by atoms with Gasteiger partial charge in [0.25, 0.3) is 0 Å². The molecule has 6 aliphatic heterocycles. The first-order chi connectivity index (χ1) is 55.6. The average molecular weight is 1700 g/mol. The molecule has 0 spiro atoms. The van der Waals surface area contributed by atoms with Crippen LogP contribution in [0.25, 0.3) is 0 Å². The number of cyclic esters (lactones) is 2. The number of nitrogens with zero attached hydrogens (tertiary/aromatic N) is 4. The third-order valence-electron chi connectivity index (χ3n) is 26.5. The fraction of sp³-hybridized carbons (Fsp3) is 0.862. The Bertz CT molecular complexity index is 3360. The molecule has 0 saturated carbocycles. The zero-order valence-corrected chi connectivity index (χ0v) is 75.4. The summed E-state index contributed by atoms with van der Waals surface area (Å²) in [5.41, 5.74) is -8.95. The van der Waals surface area contributed by atoms with Crippen molar-refractivity contribution in [3.05, 3.63) is 48.0 Å². The van der Waals surface area contributed by atoms with Gasteiger partial charge in [-0.2, -0.15) is 0 Å². The number of ether oxygens (including phenoxy) is 14. The lowest BCUT2D eigenvalue weighted by atomic mass is 9.73. The molecule has 0 aliphatic carbocycles. The molecular weight excluding hydrogens is 1550 g/mol. The van der Waals surface area contributed by atoms with E-state index in [1.807, 2.05) is 87.2 Å². The molecule has 0 aromatic heterocycles. The van der Waals surface area contributed by atoms with Crippen molar-refractivity contribution < 1.29 is 137 Å². The topological polar surface area (TPSA) is 415 Å². The Labute approximate surface area is 706 Å². The first-order valence-corrected chi connectivity index (χ1v) is 42.9. The van der Waals surface area contributed by atoms with Gasteiger partial charge in [0.1, 0.15) is 54.4 Å². The number of hydrogen-bond donors (Lipinski definition) is 10. The van der Waals surface area contributed by atoms with E-state index in [1.165, 1.54) is 35.2 Å². The van der Waals surface area contributed by atoms with E-state index in [2.05, 4.69) is 10.3 Å². The minimum absolute atomic E-state index is 0.0102. The summed E-state index contributed by atoms with van der Waals surface area (Å²) in [4.78, 5) is 45.5. The molecule has 36 atom stereocenters. The van der Waals surface area contributed by atoms with Crippen LogP contribution in [0.3, 0.4) is 0 Å². The second kappa shape index (κ2) is 43.9.